The number of nitrogens with zero attached hydrogens (tertiary/aromatic N) is 1. The Kier molecular flexibility index (Phi) is 5.40. The molecule has 0 saturated heterocycles. The van der Waals surface area contributed by atoms with Gasteiger partial charge in [-0.2, -0.15) is 0 Å². The van der Waals surface area contributed by atoms with Gasteiger partial charge in [-0.1, -0.05) is 24.3 Å². The summed E-state index contributed by atoms with van der Waals surface area (Å²) in [6.07, 6.45) is -0.257. The van der Waals surface area contributed by atoms with E-state index in [2.05, 4.69) is 5.32 Å². The first-order valence-corrected chi connectivity index (χ1v) is 8.61. The summed E-state index contributed by atoms with van der Waals surface area (Å²) >= 11 is 0. The number of para-hydroxylation sites is 2. The van der Waals surface area contributed by atoms with Crippen molar-refractivity contribution in [3.8, 4) is 5.75 Å². The van der Waals surface area contributed by atoms with Crippen molar-refractivity contribution in [2.45, 2.75) is 25.9 Å². The fourth-order valence-corrected chi connectivity index (χ4v) is 2.92. The van der Waals surface area contributed by atoms with Crippen LogP contribution in [0.15, 0.2) is 48.5 Å². The smallest absolute Gasteiger partial charge is 0.303 e. The Morgan fingerprint density at radius 1 is 1.19 bits per heavy atom. The lowest BCUT2D eigenvalue weighted by atomic mass is 10.1. The first-order chi connectivity index (χ1) is 12.9. The van der Waals surface area contributed by atoms with E-state index in [1.807, 2.05) is 12.1 Å². The lowest BCUT2D eigenvalue weighted by Gasteiger charge is -2.32. The van der Waals surface area contributed by atoms with E-state index in [9.17, 15) is 14.4 Å². The molecule has 3 rings (SSSR count). The van der Waals surface area contributed by atoms with Gasteiger partial charge in [-0.25, -0.2) is 0 Å². The number of aliphatic carboxylic acids is 1. The van der Waals surface area contributed by atoms with Crippen LogP contribution in [0.3, 0.4) is 0 Å². The van der Waals surface area contributed by atoms with Crippen molar-refractivity contribution in [2.75, 3.05) is 16.8 Å². The van der Waals surface area contributed by atoms with E-state index in [0.29, 0.717) is 23.5 Å². The van der Waals surface area contributed by atoms with E-state index < -0.39 is 12.1 Å². The van der Waals surface area contributed by atoms with Crippen LogP contribution in [0.25, 0.3) is 0 Å². The highest BCUT2D eigenvalue weighted by molar-refractivity contribution is 6.06. The third-order valence-corrected chi connectivity index (χ3v) is 4.21. The summed E-state index contributed by atoms with van der Waals surface area (Å²) in [5.74, 6) is -0.933. The number of carbonyl (C=O) groups excluding carboxylic acids is 2. The van der Waals surface area contributed by atoms with Crippen molar-refractivity contribution in [2.24, 2.45) is 0 Å². The number of benzene rings is 2. The third-order valence-electron chi connectivity index (χ3n) is 4.21. The van der Waals surface area contributed by atoms with E-state index in [-0.39, 0.29) is 24.8 Å². The second-order valence-corrected chi connectivity index (χ2v) is 6.29. The summed E-state index contributed by atoms with van der Waals surface area (Å²) in [5, 5.41) is 11.5. The van der Waals surface area contributed by atoms with Gasteiger partial charge in [-0.05, 0) is 43.2 Å². The molecule has 1 aliphatic rings. The summed E-state index contributed by atoms with van der Waals surface area (Å²) in [5.41, 5.74) is 1.94. The van der Waals surface area contributed by atoms with Crippen LogP contribution in [-0.2, 0) is 20.8 Å². The normalized spacial score (nSPS) is 15.7. The number of fused-ring (bicyclic) bond motifs is 1. The number of hydrogen-bond donors (Lipinski definition) is 2. The molecular formula is C20H20N2O5. The Hall–Kier alpha value is -3.35. The van der Waals surface area contributed by atoms with Gasteiger partial charge in [-0.3, -0.25) is 19.3 Å². The summed E-state index contributed by atoms with van der Waals surface area (Å²) in [4.78, 5) is 37.0. The number of carboxylic acid groups (broad SMARTS) is 1. The molecule has 1 aliphatic heterocycles. The van der Waals surface area contributed by atoms with Gasteiger partial charge in [-0.15, -0.1) is 0 Å². The molecule has 1 heterocycles. The van der Waals surface area contributed by atoms with Crippen LogP contribution in [0.1, 0.15) is 18.9 Å². The Morgan fingerprint density at radius 3 is 2.74 bits per heavy atom. The topological polar surface area (TPSA) is 95.9 Å². The van der Waals surface area contributed by atoms with E-state index in [1.54, 1.807) is 43.3 Å². The van der Waals surface area contributed by atoms with Gasteiger partial charge in [0.05, 0.1) is 5.69 Å². The zero-order chi connectivity index (χ0) is 19.4. The molecule has 0 bridgehead atoms. The van der Waals surface area contributed by atoms with Crippen LogP contribution in [0.2, 0.25) is 0 Å². The number of amides is 2. The Balaban J connectivity index is 1.70. The van der Waals surface area contributed by atoms with Gasteiger partial charge in [0, 0.05) is 12.1 Å². The summed E-state index contributed by atoms with van der Waals surface area (Å²) in [7, 11) is 0. The van der Waals surface area contributed by atoms with E-state index >= 15 is 0 Å². The molecule has 0 saturated carbocycles. The zero-order valence-electron chi connectivity index (χ0n) is 14.8. The van der Waals surface area contributed by atoms with Crippen LogP contribution >= 0.6 is 0 Å². The van der Waals surface area contributed by atoms with Gasteiger partial charge in [0.1, 0.15) is 12.3 Å². The molecule has 0 radical (unpaired) electrons. The van der Waals surface area contributed by atoms with Gasteiger partial charge >= 0.3 is 5.97 Å². The molecule has 7 nitrogen and oxygen atoms in total. The maximum atomic E-state index is 12.5. The first kappa shape index (κ1) is 18.4. The fourth-order valence-electron chi connectivity index (χ4n) is 2.92. The lowest BCUT2D eigenvalue weighted by Crippen LogP contribution is -2.47. The minimum atomic E-state index is -0.872. The number of ether oxygens (including phenoxy) is 1. The quantitative estimate of drug-likeness (QED) is 0.817. The molecule has 7 heteroatoms. The molecule has 27 heavy (non-hydrogen) atoms. The lowest BCUT2D eigenvalue weighted by molar-refractivity contribution is -0.137. The Bertz CT molecular complexity index is 880. The van der Waals surface area contributed by atoms with Crippen molar-refractivity contribution < 1.29 is 24.2 Å². The molecule has 1 atom stereocenters. The number of carbonyl (C=O) groups is 3. The van der Waals surface area contributed by atoms with Crippen molar-refractivity contribution in [3.63, 3.8) is 0 Å². The van der Waals surface area contributed by atoms with Crippen molar-refractivity contribution in [1.29, 1.82) is 0 Å². The van der Waals surface area contributed by atoms with Crippen LogP contribution in [-0.4, -0.2) is 35.5 Å². The fraction of sp³-hybridized carbons (Fsp3) is 0.250. The largest absolute Gasteiger partial charge is 0.481 e. The van der Waals surface area contributed by atoms with Crippen molar-refractivity contribution >= 4 is 29.2 Å². The highest BCUT2D eigenvalue weighted by Gasteiger charge is 2.32. The van der Waals surface area contributed by atoms with Gasteiger partial charge in [0.25, 0.3) is 5.91 Å². The zero-order valence-corrected chi connectivity index (χ0v) is 14.8. The standard InChI is InChI=1S/C20H20N2O5/c1-13-20(26)22(16-7-2-3-8-17(16)27-13)12-18(23)21-15-6-4-5-14(11-15)9-10-19(24)25/h2-8,11,13H,9-10,12H2,1H3,(H,21,23)(H,24,25). The van der Waals surface area contributed by atoms with Crippen LogP contribution < -0.4 is 15.0 Å². The summed E-state index contributed by atoms with van der Waals surface area (Å²) in [6.45, 7) is 1.51. The number of aryl methyl sites for hydroxylation is 1. The Morgan fingerprint density at radius 2 is 1.96 bits per heavy atom. The highest BCUT2D eigenvalue weighted by Crippen LogP contribution is 2.33. The summed E-state index contributed by atoms with van der Waals surface area (Å²) < 4.78 is 5.57. The van der Waals surface area contributed by atoms with Gasteiger partial charge in [0.2, 0.25) is 5.91 Å². The van der Waals surface area contributed by atoms with Crippen LogP contribution in [0.5, 0.6) is 5.75 Å². The maximum Gasteiger partial charge on any atom is 0.303 e. The maximum absolute atomic E-state index is 12.5. The average molecular weight is 368 g/mol. The molecular weight excluding hydrogens is 348 g/mol. The van der Waals surface area contributed by atoms with Gasteiger partial charge in [0.15, 0.2) is 6.10 Å². The third kappa shape index (κ3) is 4.44. The molecule has 0 aliphatic carbocycles. The van der Waals surface area contributed by atoms with Crippen molar-refractivity contribution in [3.05, 3.63) is 54.1 Å². The number of carboxylic acids is 1. The summed E-state index contributed by atoms with van der Waals surface area (Å²) in [6, 6.07) is 14.1. The second-order valence-electron chi connectivity index (χ2n) is 6.29. The van der Waals surface area contributed by atoms with Crippen LogP contribution in [0.4, 0.5) is 11.4 Å². The van der Waals surface area contributed by atoms with Crippen molar-refractivity contribution in [1.82, 2.24) is 0 Å². The van der Waals surface area contributed by atoms with E-state index in [0.717, 1.165) is 5.56 Å². The Labute approximate surface area is 156 Å². The minimum absolute atomic E-state index is 0.0222. The van der Waals surface area contributed by atoms with E-state index in [1.165, 1.54) is 4.90 Å². The van der Waals surface area contributed by atoms with Gasteiger partial charge < -0.3 is 15.2 Å². The molecule has 140 valence electrons. The molecule has 2 aromatic carbocycles. The molecule has 0 aromatic heterocycles. The predicted molar refractivity (Wildman–Crippen MR) is 99.9 cm³/mol. The molecule has 2 aromatic rings. The average Bonchev–Trinajstić information content (AvgIpc) is 2.64. The highest BCUT2D eigenvalue weighted by atomic mass is 16.5. The molecule has 0 fully saturated rings. The number of hydrogen-bond acceptors (Lipinski definition) is 4. The second kappa shape index (κ2) is 7.90. The molecule has 2 amide bonds. The first-order valence-electron chi connectivity index (χ1n) is 8.61. The molecule has 0 spiro atoms. The monoisotopic (exact) mass is 368 g/mol. The SMILES string of the molecule is CC1Oc2ccccc2N(CC(=O)Nc2cccc(CCC(=O)O)c2)C1=O. The number of nitrogens with one attached hydrogen (secondary N) is 1. The molecule has 1 unspecified atom stereocenters. The van der Waals surface area contributed by atoms with Crippen LogP contribution in [0, 0.1) is 0 Å². The predicted octanol–water partition coefficient (Wildman–Crippen LogP) is 2.46. The number of anilines is 2. The minimum Gasteiger partial charge on any atom is -0.481 e. The van der Waals surface area contributed by atoms with E-state index in [4.69, 9.17) is 9.84 Å². The number of rotatable bonds is 6. The molecule has 2 N–H and O–H groups in total.